The summed E-state index contributed by atoms with van der Waals surface area (Å²) < 4.78 is 7.33. The standard InChI is InChI=1S/C20H23N3O2/c1-25-18-9-7-16(8-10-18)15-22-20(24)21-12-4-13-23-14-11-17-5-2-3-6-19(17)23/h2-3,5-11,14H,4,12-13,15H2,1H3,(H2,21,22,24). The molecule has 1 heterocycles. The van der Waals surface area contributed by atoms with Gasteiger partial charge in [-0.05, 0) is 41.6 Å². The van der Waals surface area contributed by atoms with Gasteiger partial charge in [0.05, 0.1) is 7.11 Å². The summed E-state index contributed by atoms with van der Waals surface area (Å²) in [5.41, 5.74) is 2.27. The van der Waals surface area contributed by atoms with Gasteiger partial charge in [-0.3, -0.25) is 0 Å². The van der Waals surface area contributed by atoms with E-state index in [4.69, 9.17) is 4.74 Å². The number of urea groups is 1. The highest BCUT2D eigenvalue weighted by atomic mass is 16.5. The third-order valence-electron chi connectivity index (χ3n) is 4.15. The number of carbonyl (C=O) groups excluding carboxylic acids is 1. The van der Waals surface area contributed by atoms with Crippen molar-refractivity contribution in [3.05, 3.63) is 66.4 Å². The highest BCUT2D eigenvalue weighted by Gasteiger charge is 2.02. The number of nitrogens with one attached hydrogen (secondary N) is 2. The van der Waals surface area contributed by atoms with Gasteiger partial charge in [-0.1, -0.05) is 30.3 Å². The molecule has 2 amide bonds. The van der Waals surface area contributed by atoms with Crippen LogP contribution >= 0.6 is 0 Å². The van der Waals surface area contributed by atoms with Crippen molar-refractivity contribution in [2.45, 2.75) is 19.5 Å². The van der Waals surface area contributed by atoms with Crippen LogP contribution in [0.25, 0.3) is 10.9 Å². The van der Waals surface area contributed by atoms with Crippen molar-refractivity contribution in [3.63, 3.8) is 0 Å². The van der Waals surface area contributed by atoms with E-state index >= 15 is 0 Å². The minimum Gasteiger partial charge on any atom is -0.497 e. The summed E-state index contributed by atoms with van der Waals surface area (Å²) in [4.78, 5) is 11.9. The molecule has 0 unspecified atom stereocenters. The second-order valence-corrected chi connectivity index (χ2v) is 5.88. The summed E-state index contributed by atoms with van der Waals surface area (Å²) in [5, 5.41) is 7.00. The average molecular weight is 337 g/mol. The molecule has 130 valence electrons. The van der Waals surface area contributed by atoms with Crippen molar-refractivity contribution >= 4 is 16.9 Å². The van der Waals surface area contributed by atoms with E-state index in [2.05, 4.69) is 39.6 Å². The van der Waals surface area contributed by atoms with E-state index in [0.717, 1.165) is 24.3 Å². The molecule has 0 atom stereocenters. The second-order valence-electron chi connectivity index (χ2n) is 5.88. The van der Waals surface area contributed by atoms with Gasteiger partial charge in [0.2, 0.25) is 0 Å². The molecule has 1 aromatic heterocycles. The fraction of sp³-hybridized carbons (Fsp3) is 0.250. The number of ether oxygens (including phenoxy) is 1. The Bertz CT molecular complexity index is 824. The fourth-order valence-electron chi connectivity index (χ4n) is 2.78. The van der Waals surface area contributed by atoms with Crippen molar-refractivity contribution < 1.29 is 9.53 Å². The number of fused-ring (bicyclic) bond motifs is 1. The average Bonchev–Trinajstić information content (AvgIpc) is 3.07. The Morgan fingerprint density at radius 3 is 2.64 bits per heavy atom. The molecule has 0 spiro atoms. The molecular weight excluding hydrogens is 314 g/mol. The minimum absolute atomic E-state index is 0.145. The normalized spacial score (nSPS) is 10.6. The maximum absolute atomic E-state index is 11.9. The lowest BCUT2D eigenvalue weighted by molar-refractivity contribution is 0.240. The number of benzene rings is 2. The van der Waals surface area contributed by atoms with Gasteiger partial charge in [0.15, 0.2) is 0 Å². The molecule has 0 aliphatic rings. The van der Waals surface area contributed by atoms with Crippen molar-refractivity contribution in [2.75, 3.05) is 13.7 Å². The van der Waals surface area contributed by atoms with Gasteiger partial charge >= 0.3 is 6.03 Å². The number of carbonyl (C=O) groups is 1. The zero-order valence-corrected chi connectivity index (χ0v) is 14.4. The Balaban J connectivity index is 1.37. The number of rotatable bonds is 7. The topological polar surface area (TPSA) is 55.3 Å². The van der Waals surface area contributed by atoms with Gasteiger partial charge < -0.3 is 19.9 Å². The largest absolute Gasteiger partial charge is 0.497 e. The zero-order valence-electron chi connectivity index (χ0n) is 14.4. The maximum Gasteiger partial charge on any atom is 0.315 e. The van der Waals surface area contributed by atoms with Crippen molar-refractivity contribution in [3.8, 4) is 5.75 Å². The van der Waals surface area contributed by atoms with E-state index in [-0.39, 0.29) is 6.03 Å². The molecule has 2 N–H and O–H groups in total. The van der Waals surface area contributed by atoms with E-state index in [1.165, 1.54) is 10.9 Å². The molecule has 0 saturated carbocycles. The lowest BCUT2D eigenvalue weighted by Gasteiger charge is -2.09. The molecule has 3 aromatic rings. The minimum atomic E-state index is -0.145. The van der Waals surface area contributed by atoms with Crippen LogP contribution in [-0.2, 0) is 13.1 Å². The molecule has 0 fully saturated rings. The quantitative estimate of drug-likeness (QED) is 0.648. The molecule has 2 aromatic carbocycles. The zero-order chi connectivity index (χ0) is 17.5. The predicted octanol–water partition coefficient (Wildman–Crippen LogP) is 3.54. The molecule has 5 nitrogen and oxygen atoms in total. The lowest BCUT2D eigenvalue weighted by atomic mass is 10.2. The highest BCUT2D eigenvalue weighted by molar-refractivity contribution is 5.79. The van der Waals surface area contributed by atoms with Gasteiger partial charge in [0.1, 0.15) is 5.75 Å². The molecule has 3 rings (SSSR count). The first-order valence-electron chi connectivity index (χ1n) is 8.45. The van der Waals surface area contributed by atoms with Crippen LogP contribution in [0.2, 0.25) is 0 Å². The van der Waals surface area contributed by atoms with Crippen LogP contribution in [0, 0.1) is 0 Å². The fourth-order valence-corrected chi connectivity index (χ4v) is 2.78. The molecule has 0 aliphatic carbocycles. The summed E-state index contributed by atoms with van der Waals surface area (Å²) in [7, 11) is 1.64. The number of amides is 2. The summed E-state index contributed by atoms with van der Waals surface area (Å²) in [6, 6.07) is 17.9. The first-order valence-corrected chi connectivity index (χ1v) is 8.45. The first-order chi connectivity index (χ1) is 12.3. The van der Waals surface area contributed by atoms with E-state index in [0.29, 0.717) is 13.1 Å². The molecule has 0 bridgehead atoms. The highest BCUT2D eigenvalue weighted by Crippen LogP contribution is 2.15. The van der Waals surface area contributed by atoms with Gasteiger partial charge in [-0.2, -0.15) is 0 Å². The van der Waals surface area contributed by atoms with Crippen LogP contribution in [0.15, 0.2) is 60.8 Å². The summed E-state index contributed by atoms with van der Waals surface area (Å²) in [6.07, 6.45) is 2.98. The van der Waals surface area contributed by atoms with Crippen molar-refractivity contribution in [1.29, 1.82) is 0 Å². The monoisotopic (exact) mass is 337 g/mol. The Morgan fingerprint density at radius 1 is 1.04 bits per heavy atom. The van der Waals surface area contributed by atoms with Crippen LogP contribution in [0.4, 0.5) is 4.79 Å². The summed E-state index contributed by atoms with van der Waals surface area (Å²) >= 11 is 0. The van der Waals surface area contributed by atoms with Gasteiger partial charge in [0, 0.05) is 31.3 Å². The second kappa shape index (κ2) is 8.24. The van der Waals surface area contributed by atoms with Gasteiger partial charge in [-0.15, -0.1) is 0 Å². The maximum atomic E-state index is 11.9. The van der Waals surface area contributed by atoms with Crippen LogP contribution < -0.4 is 15.4 Å². The number of nitrogens with zero attached hydrogens (tertiary/aromatic N) is 1. The smallest absolute Gasteiger partial charge is 0.315 e. The van der Waals surface area contributed by atoms with Gasteiger partial charge in [-0.25, -0.2) is 4.79 Å². The summed E-state index contributed by atoms with van der Waals surface area (Å²) in [5.74, 6) is 0.811. The molecule has 5 heteroatoms. The number of para-hydroxylation sites is 1. The van der Waals surface area contributed by atoms with Crippen molar-refractivity contribution in [1.82, 2.24) is 15.2 Å². The van der Waals surface area contributed by atoms with Crippen LogP contribution in [-0.4, -0.2) is 24.3 Å². The van der Waals surface area contributed by atoms with E-state index in [1.54, 1.807) is 7.11 Å². The molecular formula is C20H23N3O2. The Kier molecular flexibility index (Phi) is 5.57. The summed E-state index contributed by atoms with van der Waals surface area (Å²) in [6.45, 7) is 2.02. The predicted molar refractivity (Wildman–Crippen MR) is 99.8 cm³/mol. The SMILES string of the molecule is COc1ccc(CNC(=O)NCCCn2ccc3ccccc32)cc1. The Hall–Kier alpha value is -2.95. The van der Waals surface area contributed by atoms with Crippen LogP contribution in [0.1, 0.15) is 12.0 Å². The van der Waals surface area contributed by atoms with Crippen LogP contribution in [0.3, 0.4) is 0 Å². The molecule has 0 aliphatic heterocycles. The lowest BCUT2D eigenvalue weighted by Crippen LogP contribution is -2.35. The van der Waals surface area contributed by atoms with E-state index in [9.17, 15) is 4.79 Å². The molecule has 0 radical (unpaired) electrons. The van der Waals surface area contributed by atoms with E-state index < -0.39 is 0 Å². The first kappa shape index (κ1) is 16.9. The third-order valence-corrected chi connectivity index (χ3v) is 4.15. The number of hydrogen-bond acceptors (Lipinski definition) is 2. The number of methoxy groups -OCH3 is 1. The number of aryl methyl sites for hydroxylation is 1. The third kappa shape index (κ3) is 4.53. The number of aromatic nitrogens is 1. The Morgan fingerprint density at radius 2 is 1.84 bits per heavy atom. The molecule has 25 heavy (non-hydrogen) atoms. The van der Waals surface area contributed by atoms with E-state index in [1.807, 2.05) is 36.4 Å². The molecule has 0 saturated heterocycles. The van der Waals surface area contributed by atoms with Crippen LogP contribution in [0.5, 0.6) is 5.75 Å². The Labute approximate surface area is 147 Å². The number of hydrogen-bond donors (Lipinski definition) is 2. The van der Waals surface area contributed by atoms with Crippen molar-refractivity contribution in [2.24, 2.45) is 0 Å². The van der Waals surface area contributed by atoms with Gasteiger partial charge in [0.25, 0.3) is 0 Å².